The lowest BCUT2D eigenvalue weighted by Gasteiger charge is -2.05. The maximum atomic E-state index is 10.6. The highest BCUT2D eigenvalue weighted by atomic mass is 16.6. The molecule has 0 saturated carbocycles. The van der Waals surface area contributed by atoms with Crippen molar-refractivity contribution in [2.75, 3.05) is 25.1 Å². The van der Waals surface area contributed by atoms with E-state index < -0.39 is 17.5 Å². The molecule has 0 atom stereocenters. The number of aliphatic carboxylic acids is 1. The molecular weight excluding hydrogens is 256 g/mol. The summed E-state index contributed by atoms with van der Waals surface area (Å²) in [4.78, 5) is 23.8. The minimum Gasteiger partial charge on any atom is -0.480 e. The number of carboxylic acids is 1. The molecule has 0 spiro atoms. The summed E-state index contributed by atoms with van der Waals surface area (Å²) in [5.41, 5.74) is -0.656. The van der Waals surface area contributed by atoms with Gasteiger partial charge >= 0.3 is 11.7 Å². The third kappa shape index (κ3) is 4.57. The SMILES string of the molecule is N#Cc1nc(NCCOCC(=O)O)ccc1[N+](=O)[O-]. The summed E-state index contributed by atoms with van der Waals surface area (Å²) in [5, 5.41) is 30.4. The highest BCUT2D eigenvalue weighted by Crippen LogP contribution is 2.17. The van der Waals surface area contributed by atoms with Gasteiger partial charge < -0.3 is 15.2 Å². The minimum atomic E-state index is -1.07. The lowest BCUT2D eigenvalue weighted by molar-refractivity contribution is -0.385. The highest BCUT2D eigenvalue weighted by molar-refractivity contribution is 5.67. The average Bonchev–Trinajstić information content (AvgIpc) is 2.37. The smallest absolute Gasteiger partial charge is 0.329 e. The number of hydrogen-bond donors (Lipinski definition) is 2. The van der Waals surface area contributed by atoms with Gasteiger partial charge in [0.1, 0.15) is 18.5 Å². The van der Waals surface area contributed by atoms with Crippen LogP contribution < -0.4 is 5.32 Å². The van der Waals surface area contributed by atoms with Crippen molar-refractivity contribution in [3.63, 3.8) is 0 Å². The minimum absolute atomic E-state index is 0.132. The number of aromatic nitrogens is 1. The van der Waals surface area contributed by atoms with E-state index in [1.807, 2.05) is 0 Å². The van der Waals surface area contributed by atoms with Crippen LogP contribution in [0.2, 0.25) is 0 Å². The first kappa shape index (κ1) is 14.3. The van der Waals surface area contributed by atoms with Crippen LogP contribution in [0.4, 0.5) is 11.5 Å². The highest BCUT2D eigenvalue weighted by Gasteiger charge is 2.15. The first-order chi connectivity index (χ1) is 9.04. The van der Waals surface area contributed by atoms with Gasteiger partial charge in [-0.2, -0.15) is 5.26 Å². The fourth-order valence-electron chi connectivity index (χ4n) is 1.19. The Balaban J connectivity index is 2.54. The van der Waals surface area contributed by atoms with E-state index in [2.05, 4.69) is 10.3 Å². The number of nitro groups is 1. The van der Waals surface area contributed by atoms with Gasteiger partial charge in [-0.3, -0.25) is 10.1 Å². The Morgan fingerprint density at radius 1 is 1.63 bits per heavy atom. The van der Waals surface area contributed by atoms with E-state index in [-0.39, 0.29) is 30.4 Å². The summed E-state index contributed by atoms with van der Waals surface area (Å²) in [6, 6.07) is 4.16. The Morgan fingerprint density at radius 3 is 2.95 bits per heavy atom. The molecule has 2 N–H and O–H groups in total. The van der Waals surface area contributed by atoms with E-state index >= 15 is 0 Å². The number of rotatable bonds is 7. The van der Waals surface area contributed by atoms with Crippen molar-refractivity contribution in [3.05, 3.63) is 27.9 Å². The Kier molecular flexibility index (Phi) is 5.18. The first-order valence-corrected chi connectivity index (χ1v) is 5.13. The van der Waals surface area contributed by atoms with E-state index in [0.29, 0.717) is 0 Å². The van der Waals surface area contributed by atoms with Gasteiger partial charge in [-0.15, -0.1) is 0 Å². The van der Waals surface area contributed by atoms with Crippen LogP contribution in [0.1, 0.15) is 5.69 Å². The molecule has 0 aliphatic heterocycles. The molecule has 9 nitrogen and oxygen atoms in total. The third-order valence-corrected chi connectivity index (χ3v) is 1.95. The molecule has 0 aliphatic rings. The maximum absolute atomic E-state index is 10.6. The fourth-order valence-corrected chi connectivity index (χ4v) is 1.19. The third-order valence-electron chi connectivity index (χ3n) is 1.95. The predicted octanol–water partition coefficient (Wildman–Crippen LogP) is 0.375. The molecule has 1 rings (SSSR count). The Bertz CT molecular complexity index is 525. The molecule has 0 fully saturated rings. The van der Waals surface area contributed by atoms with Gasteiger partial charge in [-0.25, -0.2) is 9.78 Å². The van der Waals surface area contributed by atoms with Gasteiger partial charge in [0.25, 0.3) is 0 Å². The number of carbonyl (C=O) groups is 1. The van der Waals surface area contributed by atoms with Crippen LogP contribution in [-0.2, 0) is 9.53 Å². The van der Waals surface area contributed by atoms with Crippen LogP contribution in [-0.4, -0.2) is 40.7 Å². The van der Waals surface area contributed by atoms with Crippen molar-refractivity contribution >= 4 is 17.5 Å². The van der Waals surface area contributed by atoms with Gasteiger partial charge in [0, 0.05) is 12.6 Å². The zero-order valence-electron chi connectivity index (χ0n) is 9.70. The summed E-state index contributed by atoms with van der Waals surface area (Å²) >= 11 is 0. The molecular formula is C10H10N4O5. The molecule has 0 amide bonds. The van der Waals surface area contributed by atoms with Crippen molar-refractivity contribution in [3.8, 4) is 6.07 Å². The van der Waals surface area contributed by atoms with E-state index in [4.69, 9.17) is 15.1 Å². The topological polar surface area (TPSA) is 138 Å². The number of ether oxygens (including phenoxy) is 1. The summed E-state index contributed by atoms with van der Waals surface area (Å²) in [7, 11) is 0. The van der Waals surface area contributed by atoms with Crippen LogP contribution in [0.25, 0.3) is 0 Å². The quantitative estimate of drug-likeness (QED) is 0.410. The molecule has 1 aromatic heterocycles. The standard InChI is InChI=1S/C10H10N4O5/c11-5-7-8(14(17)18)1-2-9(13-7)12-3-4-19-6-10(15)16/h1-2H,3-4,6H2,(H,12,13)(H,15,16). The molecule has 0 unspecified atom stereocenters. The number of carboxylic acid groups (broad SMARTS) is 1. The summed E-state index contributed by atoms with van der Waals surface area (Å²) < 4.78 is 4.77. The monoisotopic (exact) mass is 266 g/mol. The molecule has 0 aromatic carbocycles. The van der Waals surface area contributed by atoms with Crippen LogP contribution >= 0.6 is 0 Å². The molecule has 1 heterocycles. The van der Waals surface area contributed by atoms with E-state index in [1.54, 1.807) is 6.07 Å². The fraction of sp³-hybridized carbons (Fsp3) is 0.300. The van der Waals surface area contributed by atoms with Gasteiger partial charge in [0.05, 0.1) is 11.5 Å². The summed E-state index contributed by atoms with van der Waals surface area (Å²) in [6.45, 7) is -0.00533. The Hall–Kier alpha value is -2.73. The van der Waals surface area contributed by atoms with E-state index in [9.17, 15) is 14.9 Å². The van der Waals surface area contributed by atoms with Gasteiger partial charge in [0.15, 0.2) is 0 Å². The van der Waals surface area contributed by atoms with Crippen molar-refractivity contribution < 1.29 is 19.6 Å². The second-order valence-electron chi connectivity index (χ2n) is 3.31. The molecule has 9 heteroatoms. The average molecular weight is 266 g/mol. The second-order valence-corrected chi connectivity index (χ2v) is 3.31. The number of hydrogen-bond acceptors (Lipinski definition) is 7. The number of nitrogens with zero attached hydrogens (tertiary/aromatic N) is 3. The molecule has 100 valence electrons. The van der Waals surface area contributed by atoms with Crippen molar-refractivity contribution in [1.29, 1.82) is 5.26 Å². The molecule has 1 aromatic rings. The summed E-state index contributed by atoms with van der Waals surface area (Å²) in [6.07, 6.45) is 0. The lowest BCUT2D eigenvalue weighted by Crippen LogP contribution is -2.14. The molecule has 0 aliphatic carbocycles. The summed E-state index contributed by atoms with van der Waals surface area (Å²) in [5.74, 6) is -0.790. The number of nitriles is 1. The van der Waals surface area contributed by atoms with Crippen molar-refractivity contribution in [2.45, 2.75) is 0 Å². The van der Waals surface area contributed by atoms with Crippen LogP contribution in [0.3, 0.4) is 0 Å². The first-order valence-electron chi connectivity index (χ1n) is 5.13. The Morgan fingerprint density at radius 2 is 2.37 bits per heavy atom. The van der Waals surface area contributed by atoms with Crippen LogP contribution in [0.15, 0.2) is 12.1 Å². The van der Waals surface area contributed by atoms with E-state index in [0.717, 1.165) is 0 Å². The molecule has 0 saturated heterocycles. The van der Waals surface area contributed by atoms with Crippen molar-refractivity contribution in [2.24, 2.45) is 0 Å². The largest absolute Gasteiger partial charge is 0.480 e. The van der Waals surface area contributed by atoms with Crippen LogP contribution in [0.5, 0.6) is 0 Å². The molecule has 0 bridgehead atoms. The van der Waals surface area contributed by atoms with Crippen LogP contribution in [0, 0.1) is 21.4 Å². The van der Waals surface area contributed by atoms with Gasteiger partial charge in [-0.05, 0) is 6.07 Å². The normalized spacial score (nSPS) is 9.63. The lowest BCUT2D eigenvalue weighted by atomic mass is 10.3. The second kappa shape index (κ2) is 6.87. The molecule has 0 radical (unpaired) electrons. The van der Waals surface area contributed by atoms with Gasteiger partial charge in [-0.1, -0.05) is 0 Å². The number of nitrogens with one attached hydrogen (secondary N) is 1. The Labute approximate surface area is 107 Å². The molecule has 19 heavy (non-hydrogen) atoms. The zero-order valence-corrected chi connectivity index (χ0v) is 9.70. The van der Waals surface area contributed by atoms with Gasteiger partial charge in [0.2, 0.25) is 5.69 Å². The number of anilines is 1. The predicted molar refractivity (Wildman–Crippen MR) is 62.6 cm³/mol. The maximum Gasteiger partial charge on any atom is 0.329 e. The van der Waals surface area contributed by atoms with Crippen molar-refractivity contribution in [1.82, 2.24) is 4.98 Å². The number of pyridine rings is 1. The van der Waals surface area contributed by atoms with E-state index in [1.165, 1.54) is 12.1 Å². The zero-order chi connectivity index (χ0) is 14.3.